The normalized spacial score (nSPS) is 12.2. The van der Waals surface area contributed by atoms with Crippen LogP contribution in [0, 0.1) is 0 Å². The van der Waals surface area contributed by atoms with Crippen molar-refractivity contribution in [2.75, 3.05) is 0 Å². The van der Waals surface area contributed by atoms with Crippen molar-refractivity contribution in [3.63, 3.8) is 0 Å². The molecule has 28 heavy (non-hydrogen) atoms. The number of rotatable bonds is 3. The summed E-state index contributed by atoms with van der Waals surface area (Å²) in [5.74, 6) is 0. The Labute approximate surface area is 171 Å². The van der Waals surface area contributed by atoms with Crippen LogP contribution in [0.4, 0.5) is 0 Å². The first-order valence-electron chi connectivity index (χ1n) is 10.5. The average molecular weight is 371 g/mol. The van der Waals surface area contributed by atoms with E-state index in [0.29, 0.717) is 0 Å². The second-order valence-electron chi connectivity index (χ2n) is 9.82. The molecule has 3 aromatic rings. The van der Waals surface area contributed by atoms with Crippen LogP contribution in [0.3, 0.4) is 0 Å². The molecule has 3 rings (SSSR count). The minimum Gasteiger partial charge on any atom is -0.0622 e. The molecule has 0 amide bonds. The molecule has 0 radical (unpaired) electrons. The fourth-order valence-electron chi connectivity index (χ4n) is 4.18. The molecule has 0 bridgehead atoms. The van der Waals surface area contributed by atoms with Crippen LogP contribution in [0.15, 0.2) is 66.7 Å². The summed E-state index contributed by atoms with van der Waals surface area (Å²) >= 11 is 0. The fourth-order valence-corrected chi connectivity index (χ4v) is 4.18. The molecule has 0 aliphatic carbocycles. The Kier molecular flexibility index (Phi) is 5.53. The molecule has 0 heterocycles. The molecule has 0 N–H and O–H groups in total. The summed E-state index contributed by atoms with van der Waals surface area (Å²) in [6.07, 6.45) is 1.06. The van der Waals surface area contributed by atoms with Gasteiger partial charge in [-0.05, 0) is 56.2 Å². The summed E-state index contributed by atoms with van der Waals surface area (Å²) in [7, 11) is 0. The maximum Gasteiger partial charge on any atom is -0.0106 e. The SMILES string of the molecule is CCc1ccc(C(C)(C)C)c(-c2ccc(-c3ccccc3)cc2)c1C(C)(C)C. The smallest absolute Gasteiger partial charge is 0.0106 e. The number of hydrogen-bond acceptors (Lipinski definition) is 0. The molecular weight excluding hydrogens is 336 g/mol. The Morgan fingerprint density at radius 1 is 0.571 bits per heavy atom. The van der Waals surface area contributed by atoms with Crippen molar-refractivity contribution in [2.24, 2.45) is 0 Å². The minimum absolute atomic E-state index is 0.0969. The zero-order chi connectivity index (χ0) is 20.5. The van der Waals surface area contributed by atoms with Crippen LogP contribution in [-0.2, 0) is 17.3 Å². The average Bonchev–Trinajstić information content (AvgIpc) is 2.66. The largest absolute Gasteiger partial charge is 0.0622 e. The van der Waals surface area contributed by atoms with E-state index >= 15 is 0 Å². The maximum atomic E-state index is 2.36. The van der Waals surface area contributed by atoms with E-state index in [1.807, 2.05) is 0 Å². The molecule has 146 valence electrons. The van der Waals surface area contributed by atoms with E-state index in [2.05, 4.69) is 115 Å². The first kappa shape index (κ1) is 20.4. The Balaban J connectivity index is 2.25. The minimum atomic E-state index is 0.0969. The second kappa shape index (κ2) is 7.59. The Morgan fingerprint density at radius 3 is 1.61 bits per heavy atom. The van der Waals surface area contributed by atoms with Gasteiger partial charge in [-0.2, -0.15) is 0 Å². The molecule has 0 heteroatoms. The molecule has 0 saturated heterocycles. The monoisotopic (exact) mass is 370 g/mol. The van der Waals surface area contributed by atoms with Crippen molar-refractivity contribution in [2.45, 2.75) is 65.7 Å². The number of aryl methyl sites for hydroxylation is 1. The van der Waals surface area contributed by atoms with E-state index in [9.17, 15) is 0 Å². The molecule has 0 atom stereocenters. The molecule has 0 fully saturated rings. The zero-order valence-electron chi connectivity index (χ0n) is 18.6. The van der Waals surface area contributed by atoms with Crippen molar-refractivity contribution in [1.29, 1.82) is 0 Å². The third-order valence-corrected chi connectivity index (χ3v) is 5.51. The van der Waals surface area contributed by atoms with Gasteiger partial charge in [0.05, 0.1) is 0 Å². The highest BCUT2D eigenvalue weighted by atomic mass is 14.3. The molecular formula is C28H34. The van der Waals surface area contributed by atoms with Crippen LogP contribution in [0.1, 0.15) is 65.2 Å². The predicted molar refractivity (Wildman–Crippen MR) is 124 cm³/mol. The highest BCUT2D eigenvalue weighted by Gasteiger charge is 2.28. The molecule has 0 nitrogen and oxygen atoms in total. The maximum absolute atomic E-state index is 2.36. The van der Waals surface area contributed by atoms with Crippen LogP contribution in [0.25, 0.3) is 22.3 Å². The fraction of sp³-hybridized carbons (Fsp3) is 0.357. The molecule has 0 unspecified atom stereocenters. The van der Waals surface area contributed by atoms with E-state index in [1.54, 1.807) is 0 Å². The molecule has 0 aliphatic heterocycles. The zero-order valence-corrected chi connectivity index (χ0v) is 18.6. The summed E-state index contributed by atoms with van der Waals surface area (Å²) in [6.45, 7) is 16.3. The predicted octanol–water partition coefficient (Wildman–Crippen LogP) is 8.18. The lowest BCUT2D eigenvalue weighted by Gasteiger charge is -2.32. The molecule has 0 spiro atoms. The van der Waals surface area contributed by atoms with Gasteiger partial charge in [0.25, 0.3) is 0 Å². The van der Waals surface area contributed by atoms with E-state index in [-0.39, 0.29) is 10.8 Å². The summed E-state index contributed by atoms with van der Waals surface area (Å²) < 4.78 is 0. The van der Waals surface area contributed by atoms with Gasteiger partial charge in [-0.25, -0.2) is 0 Å². The van der Waals surface area contributed by atoms with Crippen LogP contribution in [0.2, 0.25) is 0 Å². The van der Waals surface area contributed by atoms with Crippen molar-refractivity contribution < 1.29 is 0 Å². The summed E-state index contributed by atoms with van der Waals surface area (Å²) in [5, 5.41) is 0. The van der Waals surface area contributed by atoms with Gasteiger partial charge in [-0.1, -0.05) is 115 Å². The van der Waals surface area contributed by atoms with E-state index in [0.717, 1.165) is 6.42 Å². The first-order chi connectivity index (χ1) is 13.1. The lowest BCUT2D eigenvalue weighted by Crippen LogP contribution is -2.21. The standard InChI is InChI=1S/C28H34/c1-8-20-18-19-24(27(2,3)4)25(26(20)28(5,6)7)23-16-14-22(15-17-23)21-12-10-9-11-13-21/h9-19H,8H2,1-7H3. The van der Waals surface area contributed by atoms with Gasteiger partial charge in [0.2, 0.25) is 0 Å². The van der Waals surface area contributed by atoms with Gasteiger partial charge >= 0.3 is 0 Å². The molecule has 0 saturated carbocycles. The molecule has 3 aromatic carbocycles. The quantitative estimate of drug-likeness (QED) is 0.436. The lowest BCUT2D eigenvalue weighted by atomic mass is 9.72. The number of hydrogen-bond donors (Lipinski definition) is 0. The highest BCUT2D eigenvalue weighted by Crippen LogP contribution is 2.42. The highest BCUT2D eigenvalue weighted by molar-refractivity contribution is 5.77. The van der Waals surface area contributed by atoms with Crippen LogP contribution < -0.4 is 0 Å². The van der Waals surface area contributed by atoms with Gasteiger partial charge in [-0.3, -0.25) is 0 Å². The lowest BCUT2D eigenvalue weighted by molar-refractivity contribution is 0.567. The summed E-state index contributed by atoms with van der Waals surface area (Å²) in [6, 6.07) is 24.5. The van der Waals surface area contributed by atoms with E-state index in [4.69, 9.17) is 0 Å². The Bertz CT molecular complexity index is 930. The molecule has 0 aliphatic rings. The van der Waals surface area contributed by atoms with Crippen molar-refractivity contribution in [3.05, 3.63) is 83.4 Å². The van der Waals surface area contributed by atoms with Crippen LogP contribution in [-0.4, -0.2) is 0 Å². The molecule has 0 aromatic heterocycles. The van der Waals surface area contributed by atoms with E-state index < -0.39 is 0 Å². The van der Waals surface area contributed by atoms with Crippen molar-refractivity contribution >= 4 is 0 Å². The van der Waals surface area contributed by atoms with Crippen molar-refractivity contribution in [1.82, 2.24) is 0 Å². The van der Waals surface area contributed by atoms with Gasteiger partial charge in [0, 0.05) is 0 Å². The Hall–Kier alpha value is -2.34. The van der Waals surface area contributed by atoms with Crippen LogP contribution in [0.5, 0.6) is 0 Å². The third-order valence-electron chi connectivity index (χ3n) is 5.51. The van der Waals surface area contributed by atoms with Gasteiger partial charge < -0.3 is 0 Å². The summed E-state index contributed by atoms with van der Waals surface area (Å²) in [5.41, 5.74) is 9.87. The van der Waals surface area contributed by atoms with Crippen molar-refractivity contribution in [3.8, 4) is 22.3 Å². The second-order valence-corrected chi connectivity index (χ2v) is 9.82. The number of benzene rings is 3. The topological polar surface area (TPSA) is 0 Å². The first-order valence-corrected chi connectivity index (χ1v) is 10.5. The van der Waals surface area contributed by atoms with E-state index in [1.165, 1.54) is 38.9 Å². The van der Waals surface area contributed by atoms with Crippen LogP contribution >= 0.6 is 0 Å². The van der Waals surface area contributed by atoms with Gasteiger partial charge in [0.1, 0.15) is 0 Å². The van der Waals surface area contributed by atoms with Gasteiger partial charge in [0.15, 0.2) is 0 Å². The summed E-state index contributed by atoms with van der Waals surface area (Å²) in [4.78, 5) is 0. The van der Waals surface area contributed by atoms with Gasteiger partial charge in [-0.15, -0.1) is 0 Å². The Morgan fingerprint density at radius 2 is 1.11 bits per heavy atom. The third kappa shape index (κ3) is 4.07.